The lowest BCUT2D eigenvalue weighted by Crippen LogP contribution is -2.29. The third-order valence-electron chi connectivity index (χ3n) is 5.18. The van der Waals surface area contributed by atoms with Crippen LogP contribution < -0.4 is 10.6 Å². The van der Waals surface area contributed by atoms with E-state index >= 15 is 0 Å². The minimum Gasteiger partial charge on any atom is -0.378 e. The Bertz CT molecular complexity index is 520. The summed E-state index contributed by atoms with van der Waals surface area (Å²) < 4.78 is 5.83. The zero-order valence-corrected chi connectivity index (χ0v) is 14.6. The molecule has 0 bridgehead atoms. The van der Waals surface area contributed by atoms with Crippen LogP contribution in [0.5, 0.6) is 0 Å². The molecule has 1 aliphatic carbocycles. The van der Waals surface area contributed by atoms with Crippen molar-refractivity contribution in [1.29, 1.82) is 0 Å². The topological polar surface area (TPSA) is 50.4 Å². The van der Waals surface area contributed by atoms with Crippen LogP contribution in [0.1, 0.15) is 66.8 Å². The van der Waals surface area contributed by atoms with Gasteiger partial charge in [-0.2, -0.15) is 0 Å². The molecule has 1 saturated heterocycles. The smallest absolute Gasteiger partial charge is 0.251 e. The van der Waals surface area contributed by atoms with E-state index in [9.17, 15) is 4.79 Å². The summed E-state index contributed by atoms with van der Waals surface area (Å²) in [6.45, 7) is 3.56. The molecule has 1 aliphatic heterocycles. The van der Waals surface area contributed by atoms with E-state index in [1.807, 2.05) is 12.1 Å². The Morgan fingerprint density at radius 3 is 2.88 bits per heavy atom. The highest BCUT2D eigenvalue weighted by Gasteiger charge is 2.17. The lowest BCUT2D eigenvalue weighted by Gasteiger charge is -2.23. The maximum absolute atomic E-state index is 12.3. The lowest BCUT2D eigenvalue weighted by molar-refractivity contribution is 0.0565. The first-order valence-electron chi connectivity index (χ1n) is 9.53. The van der Waals surface area contributed by atoms with Crippen LogP contribution in [0.25, 0.3) is 0 Å². The maximum atomic E-state index is 12.3. The molecule has 2 N–H and O–H groups in total. The van der Waals surface area contributed by atoms with E-state index in [4.69, 9.17) is 4.74 Å². The largest absolute Gasteiger partial charge is 0.378 e. The van der Waals surface area contributed by atoms with Crippen molar-refractivity contribution in [2.24, 2.45) is 0 Å². The molecule has 4 heteroatoms. The van der Waals surface area contributed by atoms with Crippen molar-refractivity contribution in [3.8, 4) is 0 Å². The fourth-order valence-electron chi connectivity index (χ4n) is 3.75. The Kier molecular flexibility index (Phi) is 6.67. The summed E-state index contributed by atoms with van der Waals surface area (Å²) in [4.78, 5) is 12.3. The minimum absolute atomic E-state index is 0.0292. The number of ether oxygens (including phenoxy) is 1. The molecule has 1 saturated carbocycles. The first-order chi connectivity index (χ1) is 11.8. The maximum Gasteiger partial charge on any atom is 0.251 e. The molecule has 1 aromatic rings. The molecular weight excluding hydrogens is 300 g/mol. The van der Waals surface area contributed by atoms with E-state index in [2.05, 4.69) is 22.8 Å². The normalized spacial score (nSPS) is 21.8. The van der Waals surface area contributed by atoms with Crippen LogP contribution in [0, 0.1) is 0 Å². The second-order valence-corrected chi connectivity index (χ2v) is 7.06. The number of nitrogens with one attached hydrogen (secondary N) is 2. The minimum atomic E-state index is 0.0292. The molecular formula is C20H30N2O2. The van der Waals surface area contributed by atoms with Gasteiger partial charge in [0.25, 0.3) is 5.91 Å². The van der Waals surface area contributed by atoms with Gasteiger partial charge in [0.2, 0.25) is 0 Å². The lowest BCUT2D eigenvalue weighted by atomic mass is 9.90. The molecule has 1 atom stereocenters. The van der Waals surface area contributed by atoms with E-state index in [0.29, 0.717) is 18.6 Å². The van der Waals surface area contributed by atoms with E-state index in [1.165, 1.54) is 44.1 Å². The zero-order chi connectivity index (χ0) is 16.6. The van der Waals surface area contributed by atoms with E-state index in [-0.39, 0.29) is 5.91 Å². The van der Waals surface area contributed by atoms with Gasteiger partial charge in [-0.3, -0.25) is 4.79 Å². The van der Waals surface area contributed by atoms with Crippen molar-refractivity contribution >= 4 is 5.91 Å². The van der Waals surface area contributed by atoms with Crippen molar-refractivity contribution in [3.05, 3.63) is 35.4 Å². The second kappa shape index (κ2) is 9.19. The highest BCUT2D eigenvalue weighted by atomic mass is 16.5. The van der Waals surface area contributed by atoms with Gasteiger partial charge in [-0.15, -0.1) is 0 Å². The standard InChI is InChI=1S/C20H30N2O2/c23-20(22-12-5-13-24-19-9-1-2-10-19)17-7-3-6-16(14-17)18-8-4-11-21-15-18/h3,6-7,14,18-19,21H,1-2,4-5,8-13,15H2,(H,22,23). The molecule has 3 rings (SSSR count). The Hall–Kier alpha value is -1.39. The summed E-state index contributed by atoms with van der Waals surface area (Å²) in [5, 5.41) is 6.46. The van der Waals surface area contributed by atoms with Crippen LogP contribution in [0.15, 0.2) is 24.3 Å². The third-order valence-corrected chi connectivity index (χ3v) is 5.18. The molecule has 1 heterocycles. The number of hydrogen-bond donors (Lipinski definition) is 2. The molecule has 2 aliphatic rings. The van der Waals surface area contributed by atoms with E-state index in [0.717, 1.165) is 31.7 Å². The molecule has 1 amide bonds. The predicted molar refractivity (Wildman–Crippen MR) is 96.4 cm³/mol. The molecule has 4 nitrogen and oxygen atoms in total. The Morgan fingerprint density at radius 2 is 2.08 bits per heavy atom. The molecule has 0 aromatic heterocycles. The van der Waals surface area contributed by atoms with Crippen molar-refractivity contribution < 1.29 is 9.53 Å². The number of carbonyl (C=O) groups is 1. The van der Waals surface area contributed by atoms with Crippen LogP contribution >= 0.6 is 0 Å². The SMILES string of the molecule is O=C(NCCCOC1CCCC1)c1cccc(C2CCCNC2)c1. The van der Waals surface area contributed by atoms with Crippen molar-refractivity contribution in [1.82, 2.24) is 10.6 Å². The fraction of sp³-hybridized carbons (Fsp3) is 0.650. The van der Waals surface area contributed by atoms with Crippen LogP contribution in [0.3, 0.4) is 0 Å². The summed E-state index contributed by atoms with van der Waals surface area (Å²) in [6.07, 6.45) is 8.77. The molecule has 0 radical (unpaired) electrons. The van der Waals surface area contributed by atoms with Gasteiger partial charge < -0.3 is 15.4 Å². The van der Waals surface area contributed by atoms with Crippen LogP contribution in [-0.4, -0.2) is 38.3 Å². The Morgan fingerprint density at radius 1 is 1.21 bits per heavy atom. The number of amides is 1. The number of piperidine rings is 1. The highest BCUT2D eigenvalue weighted by Crippen LogP contribution is 2.24. The predicted octanol–water partition coefficient (Wildman–Crippen LogP) is 3.23. The van der Waals surface area contributed by atoms with Gasteiger partial charge in [0.05, 0.1) is 6.10 Å². The van der Waals surface area contributed by atoms with Gasteiger partial charge >= 0.3 is 0 Å². The van der Waals surface area contributed by atoms with Crippen LogP contribution in [0.2, 0.25) is 0 Å². The second-order valence-electron chi connectivity index (χ2n) is 7.06. The Labute approximate surface area is 145 Å². The van der Waals surface area contributed by atoms with E-state index < -0.39 is 0 Å². The average Bonchev–Trinajstić information content (AvgIpc) is 3.15. The summed E-state index contributed by atoms with van der Waals surface area (Å²) in [5.41, 5.74) is 2.05. The van der Waals surface area contributed by atoms with Crippen molar-refractivity contribution in [2.75, 3.05) is 26.2 Å². The fourth-order valence-corrected chi connectivity index (χ4v) is 3.75. The number of rotatable bonds is 7. The van der Waals surface area contributed by atoms with Gasteiger partial charge in [-0.05, 0) is 62.3 Å². The molecule has 132 valence electrons. The molecule has 2 fully saturated rings. The number of carbonyl (C=O) groups excluding carboxylic acids is 1. The molecule has 1 unspecified atom stereocenters. The summed E-state index contributed by atoms with van der Waals surface area (Å²) in [5.74, 6) is 0.563. The summed E-state index contributed by atoms with van der Waals surface area (Å²) in [7, 11) is 0. The number of benzene rings is 1. The van der Waals surface area contributed by atoms with Gasteiger partial charge in [0, 0.05) is 25.3 Å². The summed E-state index contributed by atoms with van der Waals surface area (Å²) in [6, 6.07) is 8.11. The number of hydrogen-bond acceptors (Lipinski definition) is 3. The van der Waals surface area contributed by atoms with Crippen LogP contribution in [-0.2, 0) is 4.74 Å². The third kappa shape index (κ3) is 5.05. The quantitative estimate of drug-likeness (QED) is 0.755. The monoisotopic (exact) mass is 330 g/mol. The Balaban J connectivity index is 1.41. The van der Waals surface area contributed by atoms with Gasteiger partial charge in [-0.1, -0.05) is 25.0 Å². The van der Waals surface area contributed by atoms with E-state index in [1.54, 1.807) is 0 Å². The van der Waals surface area contributed by atoms with Gasteiger partial charge in [0.1, 0.15) is 0 Å². The molecule has 0 spiro atoms. The zero-order valence-electron chi connectivity index (χ0n) is 14.6. The molecule has 1 aromatic carbocycles. The highest BCUT2D eigenvalue weighted by molar-refractivity contribution is 5.94. The van der Waals surface area contributed by atoms with Crippen molar-refractivity contribution in [3.63, 3.8) is 0 Å². The summed E-state index contributed by atoms with van der Waals surface area (Å²) >= 11 is 0. The first kappa shape index (κ1) is 17.4. The average molecular weight is 330 g/mol. The van der Waals surface area contributed by atoms with Gasteiger partial charge in [-0.25, -0.2) is 0 Å². The van der Waals surface area contributed by atoms with Crippen molar-refractivity contribution in [2.45, 2.75) is 57.0 Å². The first-order valence-corrected chi connectivity index (χ1v) is 9.53. The van der Waals surface area contributed by atoms with Gasteiger partial charge in [0.15, 0.2) is 0 Å². The molecule has 24 heavy (non-hydrogen) atoms. The van der Waals surface area contributed by atoms with Crippen LogP contribution in [0.4, 0.5) is 0 Å².